The van der Waals surface area contributed by atoms with Crippen molar-refractivity contribution in [3.05, 3.63) is 21.9 Å². The SMILES string of the molecule is CN1CCN(C(=O)OC(C)(C)C)CC1(C)c1nc(C(=O)O)c(O)c(=O)[nH]1. The number of carbonyl (C=O) groups is 2. The molecule has 0 radical (unpaired) electrons. The number of carbonyl (C=O) groups excluding carboxylic acids is 1. The quantitative estimate of drug-likeness (QED) is 0.689. The van der Waals surface area contributed by atoms with E-state index in [2.05, 4.69) is 9.97 Å². The summed E-state index contributed by atoms with van der Waals surface area (Å²) in [6, 6.07) is 0. The lowest BCUT2D eigenvalue weighted by Crippen LogP contribution is -2.60. The number of carboxylic acid groups (broad SMARTS) is 1. The molecule has 1 aliphatic heterocycles. The Balaban J connectivity index is 2.41. The Morgan fingerprint density at radius 1 is 1.31 bits per heavy atom. The highest BCUT2D eigenvalue weighted by Gasteiger charge is 2.42. The first-order valence-electron chi connectivity index (χ1n) is 8.11. The Morgan fingerprint density at radius 3 is 2.46 bits per heavy atom. The highest BCUT2D eigenvalue weighted by molar-refractivity contribution is 5.88. The van der Waals surface area contributed by atoms with Crippen LogP contribution in [0.3, 0.4) is 0 Å². The fraction of sp³-hybridized carbons (Fsp3) is 0.625. The van der Waals surface area contributed by atoms with Gasteiger partial charge >= 0.3 is 12.1 Å². The van der Waals surface area contributed by atoms with E-state index in [0.717, 1.165) is 0 Å². The summed E-state index contributed by atoms with van der Waals surface area (Å²) in [6.07, 6.45) is -0.503. The molecule has 0 bridgehead atoms. The number of hydrogen-bond donors (Lipinski definition) is 3. The third-order valence-corrected chi connectivity index (χ3v) is 4.31. The van der Waals surface area contributed by atoms with Gasteiger partial charge in [0.1, 0.15) is 11.4 Å². The van der Waals surface area contributed by atoms with Gasteiger partial charge in [-0.3, -0.25) is 9.69 Å². The number of aromatic carboxylic acids is 1. The monoisotopic (exact) mass is 368 g/mol. The molecular weight excluding hydrogens is 344 g/mol. The van der Waals surface area contributed by atoms with E-state index in [4.69, 9.17) is 9.84 Å². The summed E-state index contributed by atoms with van der Waals surface area (Å²) in [5.74, 6) is -2.42. The number of aromatic hydroxyl groups is 1. The van der Waals surface area contributed by atoms with Gasteiger partial charge in [0, 0.05) is 19.6 Å². The average molecular weight is 368 g/mol. The number of aromatic amines is 1. The molecule has 10 nitrogen and oxygen atoms in total. The van der Waals surface area contributed by atoms with Crippen molar-refractivity contribution in [1.82, 2.24) is 19.8 Å². The molecular formula is C16H24N4O6. The molecule has 144 valence electrons. The van der Waals surface area contributed by atoms with E-state index in [-0.39, 0.29) is 12.4 Å². The number of likely N-dealkylation sites (N-methyl/N-ethyl adjacent to an activating group) is 1. The van der Waals surface area contributed by atoms with Gasteiger partial charge in [-0.05, 0) is 34.7 Å². The molecule has 1 aromatic heterocycles. The van der Waals surface area contributed by atoms with E-state index in [1.807, 2.05) is 4.90 Å². The number of amides is 1. The Morgan fingerprint density at radius 2 is 1.92 bits per heavy atom. The Hall–Kier alpha value is -2.62. The van der Waals surface area contributed by atoms with Gasteiger partial charge in [0.2, 0.25) is 5.75 Å². The summed E-state index contributed by atoms with van der Waals surface area (Å²) >= 11 is 0. The fourth-order valence-electron chi connectivity index (χ4n) is 2.70. The van der Waals surface area contributed by atoms with Gasteiger partial charge in [0.15, 0.2) is 5.69 Å². The van der Waals surface area contributed by atoms with Gasteiger partial charge in [-0.15, -0.1) is 0 Å². The van der Waals surface area contributed by atoms with Crippen molar-refractivity contribution >= 4 is 12.1 Å². The average Bonchev–Trinajstić information content (AvgIpc) is 2.50. The number of piperazine rings is 1. The molecule has 1 atom stereocenters. The van der Waals surface area contributed by atoms with Crippen molar-refractivity contribution < 1.29 is 24.5 Å². The Labute approximate surface area is 150 Å². The molecule has 1 amide bonds. The molecule has 0 saturated carbocycles. The van der Waals surface area contributed by atoms with Crippen molar-refractivity contribution in [2.75, 3.05) is 26.7 Å². The molecule has 3 N–H and O–H groups in total. The number of ether oxygens (including phenoxy) is 1. The Kier molecular flexibility index (Phi) is 5.00. The molecule has 1 unspecified atom stereocenters. The van der Waals surface area contributed by atoms with Gasteiger partial charge in [-0.1, -0.05) is 0 Å². The maximum absolute atomic E-state index is 12.4. The number of aromatic nitrogens is 2. The fourth-order valence-corrected chi connectivity index (χ4v) is 2.70. The van der Waals surface area contributed by atoms with Crippen LogP contribution in [0.25, 0.3) is 0 Å². The smallest absolute Gasteiger partial charge is 0.410 e. The van der Waals surface area contributed by atoms with E-state index in [1.54, 1.807) is 34.7 Å². The van der Waals surface area contributed by atoms with E-state index >= 15 is 0 Å². The normalized spacial score (nSPS) is 21.5. The van der Waals surface area contributed by atoms with Gasteiger partial charge in [0.05, 0.1) is 5.54 Å². The highest BCUT2D eigenvalue weighted by Crippen LogP contribution is 2.30. The largest absolute Gasteiger partial charge is 0.501 e. The molecule has 0 spiro atoms. The second kappa shape index (κ2) is 6.60. The summed E-state index contributed by atoms with van der Waals surface area (Å²) in [6.45, 7) is 8.02. The van der Waals surface area contributed by atoms with Gasteiger partial charge in [0.25, 0.3) is 5.56 Å². The molecule has 26 heavy (non-hydrogen) atoms. The number of nitrogens with one attached hydrogen (secondary N) is 1. The lowest BCUT2D eigenvalue weighted by Gasteiger charge is -2.46. The van der Waals surface area contributed by atoms with E-state index in [0.29, 0.717) is 13.1 Å². The zero-order valence-corrected chi connectivity index (χ0v) is 15.5. The lowest BCUT2D eigenvalue weighted by atomic mass is 9.95. The van der Waals surface area contributed by atoms with Crippen molar-refractivity contribution in [3.63, 3.8) is 0 Å². The first-order chi connectivity index (χ1) is 11.8. The van der Waals surface area contributed by atoms with Crippen LogP contribution < -0.4 is 5.56 Å². The van der Waals surface area contributed by atoms with Crippen LogP contribution in [-0.4, -0.2) is 74.3 Å². The topological polar surface area (TPSA) is 136 Å². The summed E-state index contributed by atoms with van der Waals surface area (Å²) in [4.78, 5) is 45.3. The summed E-state index contributed by atoms with van der Waals surface area (Å²) in [5.41, 5.74) is -3.30. The minimum atomic E-state index is -1.51. The van der Waals surface area contributed by atoms with Gasteiger partial charge < -0.3 is 24.8 Å². The zero-order chi connectivity index (χ0) is 19.9. The van der Waals surface area contributed by atoms with Gasteiger partial charge in [-0.2, -0.15) is 0 Å². The molecule has 0 aromatic carbocycles. The van der Waals surface area contributed by atoms with Crippen molar-refractivity contribution in [2.45, 2.75) is 38.8 Å². The predicted molar refractivity (Wildman–Crippen MR) is 91.3 cm³/mol. The Bertz CT molecular complexity index is 784. The van der Waals surface area contributed by atoms with Crippen molar-refractivity contribution in [3.8, 4) is 5.75 Å². The van der Waals surface area contributed by atoms with Gasteiger partial charge in [-0.25, -0.2) is 14.6 Å². The first-order valence-corrected chi connectivity index (χ1v) is 8.11. The third kappa shape index (κ3) is 3.79. The maximum atomic E-state index is 12.4. The third-order valence-electron chi connectivity index (χ3n) is 4.31. The summed E-state index contributed by atoms with van der Waals surface area (Å²) in [7, 11) is 1.78. The van der Waals surface area contributed by atoms with E-state index in [1.165, 1.54) is 4.90 Å². The number of H-pyrrole nitrogens is 1. The molecule has 1 fully saturated rings. The maximum Gasteiger partial charge on any atom is 0.410 e. The molecule has 1 aliphatic rings. The minimum Gasteiger partial charge on any atom is -0.501 e. The van der Waals surface area contributed by atoms with Crippen LogP contribution >= 0.6 is 0 Å². The molecule has 2 rings (SSSR count). The summed E-state index contributed by atoms with van der Waals surface area (Å²) in [5, 5.41) is 18.8. The van der Waals surface area contributed by atoms with Crippen LogP contribution in [-0.2, 0) is 10.3 Å². The first kappa shape index (κ1) is 19.7. The van der Waals surface area contributed by atoms with E-state index < -0.39 is 40.2 Å². The van der Waals surface area contributed by atoms with Crippen molar-refractivity contribution in [2.24, 2.45) is 0 Å². The highest BCUT2D eigenvalue weighted by atomic mass is 16.6. The second-order valence-electron chi connectivity index (χ2n) is 7.51. The number of hydrogen-bond acceptors (Lipinski definition) is 7. The van der Waals surface area contributed by atoms with Crippen molar-refractivity contribution in [1.29, 1.82) is 0 Å². The van der Waals surface area contributed by atoms with Crippen LogP contribution in [0.15, 0.2) is 4.79 Å². The number of nitrogens with zero attached hydrogens (tertiary/aromatic N) is 3. The molecule has 0 aliphatic carbocycles. The lowest BCUT2D eigenvalue weighted by molar-refractivity contribution is -0.0164. The molecule has 1 aromatic rings. The standard InChI is InChI=1S/C16H24N4O6/c1-15(2,3)26-14(25)20-7-6-19(5)16(4,8-20)13-17-9(12(23)24)10(21)11(22)18-13/h21H,6-8H2,1-5H3,(H,23,24)(H,17,18,22). The number of rotatable bonds is 2. The summed E-state index contributed by atoms with van der Waals surface area (Å²) < 4.78 is 5.39. The van der Waals surface area contributed by atoms with Crippen LogP contribution in [0.1, 0.15) is 44.0 Å². The zero-order valence-electron chi connectivity index (χ0n) is 15.5. The molecule has 2 heterocycles. The second-order valence-corrected chi connectivity index (χ2v) is 7.51. The number of carboxylic acids is 1. The minimum absolute atomic E-state index is 0.0495. The van der Waals surface area contributed by atoms with E-state index in [9.17, 15) is 19.5 Å². The van der Waals surface area contributed by atoms with Crippen LogP contribution in [0, 0.1) is 0 Å². The van der Waals surface area contributed by atoms with Crippen LogP contribution in [0.2, 0.25) is 0 Å². The molecule has 1 saturated heterocycles. The van der Waals surface area contributed by atoms with Crippen LogP contribution in [0.4, 0.5) is 4.79 Å². The molecule has 10 heteroatoms. The van der Waals surface area contributed by atoms with Crippen LogP contribution in [0.5, 0.6) is 5.75 Å². The predicted octanol–water partition coefficient (Wildman–Crippen LogP) is 0.571.